The largest absolute Gasteiger partial charge is 0.330 e. The summed E-state index contributed by atoms with van der Waals surface area (Å²) >= 11 is 0. The number of hydrogen-bond donors (Lipinski definition) is 1. The summed E-state index contributed by atoms with van der Waals surface area (Å²) in [5.74, 6) is 0.908. The highest BCUT2D eigenvalue weighted by Gasteiger charge is 2.20. The summed E-state index contributed by atoms with van der Waals surface area (Å²) in [5.41, 5.74) is 5.41. The minimum atomic E-state index is 0.395. The van der Waals surface area contributed by atoms with Crippen molar-refractivity contribution >= 4 is 5.78 Å². The Kier molecular flexibility index (Phi) is 5.06. The Morgan fingerprint density at radius 2 is 2.08 bits per heavy atom. The molecule has 1 aliphatic rings. The van der Waals surface area contributed by atoms with Crippen LogP contribution in [0.15, 0.2) is 0 Å². The molecule has 1 unspecified atom stereocenters. The Balaban J connectivity index is 2.08. The minimum Gasteiger partial charge on any atom is -0.330 e. The van der Waals surface area contributed by atoms with E-state index in [0.29, 0.717) is 11.7 Å². The van der Waals surface area contributed by atoms with Gasteiger partial charge in [0.2, 0.25) is 0 Å². The Bertz CT molecular complexity index is 156. The van der Waals surface area contributed by atoms with Gasteiger partial charge in [0, 0.05) is 12.3 Å². The molecule has 1 atom stereocenters. The number of unbranched alkanes of at least 4 members (excludes halogenated alkanes) is 2. The molecule has 0 spiro atoms. The van der Waals surface area contributed by atoms with Gasteiger partial charge in [-0.25, -0.2) is 0 Å². The summed E-state index contributed by atoms with van der Waals surface area (Å²) in [6, 6.07) is 0. The van der Waals surface area contributed by atoms with Crippen molar-refractivity contribution in [3.05, 3.63) is 0 Å². The molecule has 1 fully saturated rings. The lowest BCUT2D eigenvalue weighted by Crippen LogP contribution is -2.18. The molecule has 0 aromatic heterocycles. The van der Waals surface area contributed by atoms with Gasteiger partial charge in [-0.15, -0.1) is 0 Å². The second-order valence-electron chi connectivity index (χ2n) is 4.05. The van der Waals surface area contributed by atoms with E-state index >= 15 is 0 Å². The van der Waals surface area contributed by atoms with Crippen LogP contribution in [0.25, 0.3) is 0 Å². The van der Waals surface area contributed by atoms with Gasteiger partial charge >= 0.3 is 0 Å². The number of carbonyl (C=O) groups is 1. The van der Waals surface area contributed by atoms with Crippen molar-refractivity contribution < 1.29 is 4.79 Å². The SMILES string of the molecule is NCCCCCC1CCCCC1=O. The van der Waals surface area contributed by atoms with Crippen LogP contribution in [0.4, 0.5) is 0 Å². The van der Waals surface area contributed by atoms with E-state index in [9.17, 15) is 4.79 Å². The Labute approximate surface area is 80.9 Å². The van der Waals surface area contributed by atoms with Gasteiger partial charge in [-0.2, -0.15) is 0 Å². The average molecular weight is 183 g/mol. The van der Waals surface area contributed by atoms with Crippen LogP contribution in [0.1, 0.15) is 51.4 Å². The van der Waals surface area contributed by atoms with Crippen molar-refractivity contribution in [2.75, 3.05) is 6.54 Å². The van der Waals surface area contributed by atoms with E-state index in [4.69, 9.17) is 5.73 Å². The fourth-order valence-electron chi connectivity index (χ4n) is 2.07. The van der Waals surface area contributed by atoms with E-state index in [2.05, 4.69) is 0 Å². The van der Waals surface area contributed by atoms with Gasteiger partial charge in [-0.3, -0.25) is 4.79 Å². The molecule has 0 bridgehead atoms. The normalized spacial score (nSPS) is 23.5. The summed E-state index contributed by atoms with van der Waals surface area (Å²) < 4.78 is 0. The van der Waals surface area contributed by atoms with Crippen molar-refractivity contribution in [3.63, 3.8) is 0 Å². The fraction of sp³-hybridized carbons (Fsp3) is 0.909. The average Bonchev–Trinajstić information content (AvgIpc) is 2.15. The van der Waals surface area contributed by atoms with Crippen molar-refractivity contribution in [1.82, 2.24) is 0 Å². The number of nitrogens with two attached hydrogens (primary N) is 1. The van der Waals surface area contributed by atoms with Gasteiger partial charge < -0.3 is 5.73 Å². The smallest absolute Gasteiger partial charge is 0.135 e. The summed E-state index contributed by atoms with van der Waals surface area (Å²) in [5, 5.41) is 0. The van der Waals surface area contributed by atoms with Crippen molar-refractivity contribution in [2.45, 2.75) is 51.4 Å². The van der Waals surface area contributed by atoms with Gasteiger partial charge in [0.1, 0.15) is 5.78 Å². The fourth-order valence-corrected chi connectivity index (χ4v) is 2.07. The molecular weight excluding hydrogens is 162 g/mol. The van der Waals surface area contributed by atoms with Crippen molar-refractivity contribution in [2.24, 2.45) is 11.7 Å². The first kappa shape index (κ1) is 10.7. The first-order chi connectivity index (χ1) is 6.34. The number of carbonyl (C=O) groups excluding carboxylic acids is 1. The van der Waals surface area contributed by atoms with Crippen LogP contribution >= 0.6 is 0 Å². The van der Waals surface area contributed by atoms with E-state index in [0.717, 1.165) is 38.6 Å². The third kappa shape index (κ3) is 3.90. The van der Waals surface area contributed by atoms with Gasteiger partial charge in [-0.1, -0.05) is 19.3 Å². The summed E-state index contributed by atoms with van der Waals surface area (Å²) in [6.45, 7) is 0.790. The maximum absolute atomic E-state index is 11.4. The van der Waals surface area contributed by atoms with Gasteiger partial charge in [0.05, 0.1) is 0 Å². The van der Waals surface area contributed by atoms with Crippen LogP contribution in [0, 0.1) is 5.92 Å². The standard InChI is InChI=1S/C11H21NO/c12-9-5-1-2-6-10-7-3-4-8-11(10)13/h10H,1-9,12H2. The van der Waals surface area contributed by atoms with Crippen LogP contribution in [-0.4, -0.2) is 12.3 Å². The van der Waals surface area contributed by atoms with E-state index in [1.54, 1.807) is 0 Å². The molecule has 0 aliphatic heterocycles. The van der Waals surface area contributed by atoms with Gasteiger partial charge in [-0.05, 0) is 32.2 Å². The van der Waals surface area contributed by atoms with Crippen molar-refractivity contribution in [1.29, 1.82) is 0 Å². The third-order valence-electron chi connectivity index (χ3n) is 2.94. The zero-order valence-electron chi connectivity index (χ0n) is 8.43. The highest BCUT2D eigenvalue weighted by Crippen LogP contribution is 2.25. The quantitative estimate of drug-likeness (QED) is 0.664. The number of hydrogen-bond acceptors (Lipinski definition) is 2. The minimum absolute atomic E-state index is 0.395. The van der Waals surface area contributed by atoms with Crippen LogP contribution in [0.2, 0.25) is 0 Å². The molecule has 0 aromatic rings. The molecule has 1 aliphatic carbocycles. The maximum atomic E-state index is 11.4. The van der Waals surface area contributed by atoms with E-state index in [-0.39, 0.29) is 0 Å². The molecule has 76 valence electrons. The Morgan fingerprint density at radius 3 is 2.77 bits per heavy atom. The maximum Gasteiger partial charge on any atom is 0.135 e. The van der Waals surface area contributed by atoms with Crippen molar-refractivity contribution in [3.8, 4) is 0 Å². The summed E-state index contributed by atoms with van der Waals surface area (Å²) in [7, 11) is 0. The zero-order chi connectivity index (χ0) is 9.52. The van der Waals surface area contributed by atoms with Gasteiger partial charge in [0.15, 0.2) is 0 Å². The lowest BCUT2D eigenvalue weighted by Gasteiger charge is -2.19. The molecule has 0 radical (unpaired) electrons. The predicted octanol–water partition coefficient (Wildman–Crippen LogP) is 2.26. The molecule has 0 heterocycles. The molecule has 2 heteroatoms. The molecular formula is C11H21NO. The Morgan fingerprint density at radius 1 is 1.23 bits per heavy atom. The predicted molar refractivity (Wildman–Crippen MR) is 54.5 cm³/mol. The lowest BCUT2D eigenvalue weighted by molar-refractivity contribution is -0.124. The van der Waals surface area contributed by atoms with E-state index in [1.807, 2.05) is 0 Å². The van der Waals surface area contributed by atoms with Crippen LogP contribution in [0.5, 0.6) is 0 Å². The summed E-state index contributed by atoms with van der Waals surface area (Å²) in [4.78, 5) is 11.4. The molecule has 2 N–H and O–H groups in total. The topological polar surface area (TPSA) is 43.1 Å². The molecule has 1 saturated carbocycles. The second-order valence-corrected chi connectivity index (χ2v) is 4.05. The van der Waals surface area contributed by atoms with Gasteiger partial charge in [0.25, 0.3) is 0 Å². The first-order valence-corrected chi connectivity index (χ1v) is 5.57. The van der Waals surface area contributed by atoms with E-state index < -0.39 is 0 Å². The third-order valence-corrected chi connectivity index (χ3v) is 2.94. The molecule has 0 amide bonds. The molecule has 0 saturated heterocycles. The zero-order valence-corrected chi connectivity index (χ0v) is 8.43. The number of Topliss-reactive ketones (excluding diaryl/α,β-unsaturated/α-hetero) is 1. The van der Waals surface area contributed by atoms with Crippen LogP contribution in [-0.2, 0) is 4.79 Å². The molecule has 1 rings (SSSR count). The first-order valence-electron chi connectivity index (χ1n) is 5.57. The summed E-state index contributed by atoms with van der Waals surface area (Å²) in [6.07, 6.45) is 8.96. The number of ketones is 1. The Hall–Kier alpha value is -0.370. The second kappa shape index (κ2) is 6.14. The highest BCUT2D eigenvalue weighted by molar-refractivity contribution is 5.81. The molecule has 2 nitrogen and oxygen atoms in total. The molecule has 0 aromatic carbocycles. The lowest BCUT2D eigenvalue weighted by atomic mass is 9.84. The highest BCUT2D eigenvalue weighted by atomic mass is 16.1. The van der Waals surface area contributed by atoms with Crippen LogP contribution < -0.4 is 5.73 Å². The van der Waals surface area contributed by atoms with E-state index in [1.165, 1.54) is 19.3 Å². The number of rotatable bonds is 5. The molecule has 13 heavy (non-hydrogen) atoms. The van der Waals surface area contributed by atoms with Crippen LogP contribution in [0.3, 0.4) is 0 Å². The monoisotopic (exact) mass is 183 g/mol.